The number of nitrogens with zero attached hydrogens (tertiary/aromatic N) is 3. The molecule has 0 N–H and O–H groups in total. The lowest BCUT2D eigenvalue weighted by atomic mass is 9.92. The number of fused-ring (bicyclic) bond motifs is 7. The van der Waals surface area contributed by atoms with Crippen molar-refractivity contribution in [2.45, 2.75) is 0 Å². The maximum atomic E-state index is 6.45. The maximum absolute atomic E-state index is 6.45. The first-order chi connectivity index (χ1) is 24.3. The van der Waals surface area contributed by atoms with Crippen LogP contribution in [0.1, 0.15) is 0 Å². The van der Waals surface area contributed by atoms with Crippen molar-refractivity contribution >= 4 is 54.3 Å². The molecule has 0 atom stereocenters. The van der Waals surface area contributed by atoms with E-state index in [-0.39, 0.29) is 0 Å². The average molecular weight is 626 g/mol. The normalized spacial score (nSPS) is 11.7. The minimum absolute atomic E-state index is 0.570. The van der Waals surface area contributed by atoms with E-state index < -0.39 is 0 Å². The van der Waals surface area contributed by atoms with Gasteiger partial charge in [-0.05, 0) is 73.8 Å². The lowest BCUT2D eigenvalue weighted by molar-refractivity contribution is 0.669. The number of para-hydroxylation sites is 2. The van der Waals surface area contributed by atoms with Crippen molar-refractivity contribution in [3.63, 3.8) is 0 Å². The van der Waals surface area contributed by atoms with E-state index >= 15 is 0 Å². The van der Waals surface area contributed by atoms with Crippen molar-refractivity contribution in [3.8, 4) is 45.3 Å². The molecule has 0 saturated heterocycles. The van der Waals surface area contributed by atoms with Crippen LogP contribution in [0.15, 0.2) is 168 Å². The van der Waals surface area contributed by atoms with Crippen LogP contribution in [0, 0.1) is 0 Å². The smallest absolute Gasteiger partial charge is 0.167 e. The van der Waals surface area contributed by atoms with Crippen LogP contribution in [0.4, 0.5) is 0 Å². The van der Waals surface area contributed by atoms with Gasteiger partial charge in [0.15, 0.2) is 17.5 Å². The molecule has 10 rings (SSSR count). The predicted octanol–water partition coefficient (Wildman–Crippen LogP) is 11.9. The molecular formula is C45H27N3O. The van der Waals surface area contributed by atoms with Gasteiger partial charge in [-0.3, -0.25) is 0 Å². The molecule has 0 saturated carbocycles. The fraction of sp³-hybridized carbons (Fsp3) is 0. The Bertz CT molecular complexity index is 2890. The molecule has 0 fully saturated rings. The zero-order valence-corrected chi connectivity index (χ0v) is 26.3. The third-order valence-electron chi connectivity index (χ3n) is 9.49. The molecule has 2 heterocycles. The quantitative estimate of drug-likeness (QED) is 0.183. The summed E-state index contributed by atoms with van der Waals surface area (Å²) in [6.07, 6.45) is 0. The summed E-state index contributed by atoms with van der Waals surface area (Å²) >= 11 is 0. The lowest BCUT2D eigenvalue weighted by Gasteiger charge is -2.13. The van der Waals surface area contributed by atoms with Crippen LogP contribution < -0.4 is 0 Å². The first-order valence-electron chi connectivity index (χ1n) is 16.4. The molecule has 0 aliphatic heterocycles. The summed E-state index contributed by atoms with van der Waals surface area (Å²) in [6.45, 7) is 0. The molecule has 0 amide bonds. The van der Waals surface area contributed by atoms with E-state index in [1.807, 2.05) is 30.3 Å². The summed E-state index contributed by atoms with van der Waals surface area (Å²) < 4.78 is 6.45. The minimum atomic E-state index is 0.570. The second-order valence-corrected chi connectivity index (χ2v) is 12.4. The summed E-state index contributed by atoms with van der Waals surface area (Å²) in [7, 11) is 0. The van der Waals surface area contributed by atoms with Gasteiger partial charge >= 0.3 is 0 Å². The van der Waals surface area contributed by atoms with Crippen molar-refractivity contribution in [2.24, 2.45) is 0 Å². The van der Waals surface area contributed by atoms with E-state index in [4.69, 9.17) is 19.4 Å². The monoisotopic (exact) mass is 625 g/mol. The zero-order chi connectivity index (χ0) is 32.3. The highest BCUT2D eigenvalue weighted by Crippen LogP contribution is 2.39. The van der Waals surface area contributed by atoms with Gasteiger partial charge in [-0.2, -0.15) is 0 Å². The molecule has 0 bridgehead atoms. The SMILES string of the molecule is c1ccc(-c2cc3ccccc3c3cc(-c4nc(-c5ccc6ccccc6c5)nc(-c5cccc6c5oc5ccccc56)n4)ccc23)cc1. The van der Waals surface area contributed by atoms with E-state index in [0.29, 0.717) is 17.5 Å². The number of hydrogen-bond donors (Lipinski definition) is 0. The molecule has 4 heteroatoms. The molecule has 0 radical (unpaired) electrons. The van der Waals surface area contributed by atoms with Crippen LogP contribution in [0.25, 0.3) is 99.5 Å². The van der Waals surface area contributed by atoms with Crippen LogP contribution >= 0.6 is 0 Å². The van der Waals surface area contributed by atoms with Gasteiger partial charge in [0.2, 0.25) is 0 Å². The Morgan fingerprint density at radius 2 is 0.980 bits per heavy atom. The molecule has 228 valence electrons. The largest absolute Gasteiger partial charge is 0.455 e. The highest BCUT2D eigenvalue weighted by atomic mass is 16.3. The van der Waals surface area contributed by atoms with Crippen molar-refractivity contribution in [1.82, 2.24) is 15.0 Å². The summed E-state index contributed by atoms with van der Waals surface area (Å²) in [6, 6.07) is 57.0. The highest BCUT2D eigenvalue weighted by molar-refractivity contribution is 6.15. The number of rotatable bonds is 4. The van der Waals surface area contributed by atoms with Gasteiger partial charge in [0.1, 0.15) is 11.2 Å². The van der Waals surface area contributed by atoms with Gasteiger partial charge < -0.3 is 4.42 Å². The van der Waals surface area contributed by atoms with Gasteiger partial charge in [0.25, 0.3) is 0 Å². The van der Waals surface area contributed by atoms with Crippen LogP contribution in [0.3, 0.4) is 0 Å². The van der Waals surface area contributed by atoms with Crippen LogP contribution in [-0.2, 0) is 0 Å². The fourth-order valence-electron chi connectivity index (χ4n) is 7.11. The van der Waals surface area contributed by atoms with Crippen molar-refractivity contribution in [2.75, 3.05) is 0 Å². The van der Waals surface area contributed by atoms with Gasteiger partial charge in [0, 0.05) is 21.9 Å². The van der Waals surface area contributed by atoms with Crippen molar-refractivity contribution in [3.05, 3.63) is 164 Å². The fourth-order valence-corrected chi connectivity index (χ4v) is 7.11. The molecule has 0 aliphatic rings. The van der Waals surface area contributed by atoms with Gasteiger partial charge in [0.05, 0.1) is 5.56 Å². The molecule has 0 spiro atoms. The molecule has 0 aliphatic carbocycles. The van der Waals surface area contributed by atoms with Gasteiger partial charge in [-0.1, -0.05) is 133 Å². The first kappa shape index (κ1) is 27.5. The zero-order valence-electron chi connectivity index (χ0n) is 26.3. The Labute approximate surface area is 282 Å². The summed E-state index contributed by atoms with van der Waals surface area (Å²) in [5.41, 5.74) is 6.67. The Morgan fingerprint density at radius 1 is 0.327 bits per heavy atom. The first-order valence-corrected chi connectivity index (χ1v) is 16.4. The maximum Gasteiger partial charge on any atom is 0.167 e. The van der Waals surface area contributed by atoms with Gasteiger partial charge in [-0.15, -0.1) is 0 Å². The lowest BCUT2D eigenvalue weighted by Crippen LogP contribution is -2.00. The summed E-state index contributed by atoms with van der Waals surface area (Å²) in [4.78, 5) is 15.4. The molecule has 2 aromatic heterocycles. The second kappa shape index (κ2) is 11.0. The van der Waals surface area contributed by atoms with E-state index in [1.54, 1.807) is 0 Å². The molecular weight excluding hydrogens is 599 g/mol. The number of hydrogen-bond acceptors (Lipinski definition) is 4. The standard InChI is InChI=1S/C45H27N3O/c1-2-12-29(13-3-1)39-26-31-15-6-7-16-34(31)40-27-33(23-24-35(39)40)44-46-43(32-22-21-28-11-4-5-14-30(28)25-32)47-45(48-44)38-19-10-18-37-36-17-8-9-20-41(36)49-42(37)38/h1-27H. The highest BCUT2D eigenvalue weighted by Gasteiger charge is 2.19. The Balaban J connectivity index is 1.23. The molecule has 10 aromatic rings. The Kier molecular flexibility index (Phi) is 6.15. The van der Waals surface area contributed by atoms with Crippen LogP contribution in [0.2, 0.25) is 0 Å². The topological polar surface area (TPSA) is 51.8 Å². The molecule has 4 nitrogen and oxygen atoms in total. The molecule has 0 unspecified atom stereocenters. The third-order valence-corrected chi connectivity index (χ3v) is 9.49. The van der Waals surface area contributed by atoms with Crippen molar-refractivity contribution in [1.29, 1.82) is 0 Å². The third kappa shape index (κ3) is 4.57. The Morgan fingerprint density at radius 3 is 1.84 bits per heavy atom. The van der Waals surface area contributed by atoms with E-state index in [0.717, 1.165) is 49.4 Å². The molecule has 49 heavy (non-hydrogen) atoms. The van der Waals surface area contributed by atoms with Crippen molar-refractivity contribution < 1.29 is 4.42 Å². The number of benzene rings is 8. The predicted molar refractivity (Wildman–Crippen MR) is 201 cm³/mol. The second-order valence-electron chi connectivity index (χ2n) is 12.4. The number of aromatic nitrogens is 3. The minimum Gasteiger partial charge on any atom is -0.455 e. The summed E-state index contributed by atoms with van der Waals surface area (Å²) in [5.74, 6) is 1.79. The van der Waals surface area contributed by atoms with Crippen LogP contribution in [0.5, 0.6) is 0 Å². The average Bonchev–Trinajstić information content (AvgIpc) is 3.56. The number of furan rings is 1. The molecule has 8 aromatic carbocycles. The van der Waals surface area contributed by atoms with E-state index in [2.05, 4.69) is 133 Å². The Hall–Kier alpha value is -6.65. The summed E-state index contributed by atoms with van der Waals surface area (Å²) in [5, 5.41) is 9.13. The van der Waals surface area contributed by atoms with E-state index in [1.165, 1.54) is 32.7 Å². The van der Waals surface area contributed by atoms with Crippen LogP contribution in [-0.4, -0.2) is 15.0 Å². The van der Waals surface area contributed by atoms with E-state index in [9.17, 15) is 0 Å². The van der Waals surface area contributed by atoms with Gasteiger partial charge in [-0.25, -0.2) is 15.0 Å².